The summed E-state index contributed by atoms with van der Waals surface area (Å²) in [6, 6.07) is 2.41. The van der Waals surface area contributed by atoms with Gasteiger partial charge in [0.05, 0.1) is 4.47 Å². The molecule has 1 aromatic rings. The first-order valence-electron chi connectivity index (χ1n) is 5.19. The van der Waals surface area contributed by atoms with E-state index in [0.29, 0.717) is 0 Å². The highest BCUT2D eigenvalue weighted by molar-refractivity contribution is 9.10. The maximum atomic E-state index is 13.2. The molecule has 0 bridgehead atoms. The van der Waals surface area contributed by atoms with Crippen molar-refractivity contribution in [3.63, 3.8) is 0 Å². The molecule has 18 heavy (non-hydrogen) atoms. The number of carboxylic acid groups (broad SMARTS) is 1. The SMILES string of the molecule is CC[C@H](NC(=O)Nc1ccc(Br)c(F)c1)C(=O)O. The molecule has 0 aromatic heterocycles. The molecule has 1 atom stereocenters. The van der Waals surface area contributed by atoms with Gasteiger partial charge >= 0.3 is 12.0 Å². The fourth-order valence-electron chi connectivity index (χ4n) is 1.24. The zero-order valence-electron chi connectivity index (χ0n) is 9.54. The summed E-state index contributed by atoms with van der Waals surface area (Å²) in [7, 11) is 0. The summed E-state index contributed by atoms with van der Waals surface area (Å²) in [5.74, 6) is -1.63. The van der Waals surface area contributed by atoms with Crippen LogP contribution in [-0.4, -0.2) is 23.1 Å². The number of benzene rings is 1. The highest BCUT2D eigenvalue weighted by Gasteiger charge is 2.17. The number of halogens is 2. The molecule has 5 nitrogen and oxygen atoms in total. The molecule has 0 saturated heterocycles. The first kappa shape index (κ1) is 14.4. The third-order valence-corrected chi connectivity index (χ3v) is 2.83. The number of urea groups is 1. The van der Waals surface area contributed by atoms with Gasteiger partial charge in [0.1, 0.15) is 11.9 Å². The number of hydrogen-bond acceptors (Lipinski definition) is 2. The minimum Gasteiger partial charge on any atom is -0.480 e. The van der Waals surface area contributed by atoms with Gasteiger partial charge in [-0.05, 0) is 40.5 Å². The van der Waals surface area contributed by atoms with Gasteiger partial charge < -0.3 is 15.7 Å². The van der Waals surface area contributed by atoms with Gasteiger partial charge in [-0.2, -0.15) is 0 Å². The number of anilines is 1. The Bertz CT molecular complexity index is 468. The fraction of sp³-hybridized carbons (Fsp3) is 0.273. The molecular weight excluding hydrogens is 307 g/mol. The van der Waals surface area contributed by atoms with Crippen LogP contribution in [0.1, 0.15) is 13.3 Å². The Labute approximate surface area is 112 Å². The number of hydrogen-bond donors (Lipinski definition) is 3. The Morgan fingerprint density at radius 2 is 2.17 bits per heavy atom. The van der Waals surface area contributed by atoms with E-state index in [1.807, 2.05) is 0 Å². The van der Waals surface area contributed by atoms with E-state index in [1.165, 1.54) is 12.1 Å². The number of nitrogens with one attached hydrogen (secondary N) is 2. The van der Waals surface area contributed by atoms with E-state index in [-0.39, 0.29) is 16.6 Å². The Morgan fingerprint density at radius 3 is 2.67 bits per heavy atom. The molecule has 0 saturated carbocycles. The van der Waals surface area contributed by atoms with Crippen LogP contribution in [0, 0.1) is 5.82 Å². The summed E-state index contributed by atoms with van der Waals surface area (Å²) in [5, 5.41) is 13.4. The average molecular weight is 319 g/mol. The van der Waals surface area contributed by atoms with Gasteiger partial charge in [-0.3, -0.25) is 0 Å². The highest BCUT2D eigenvalue weighted by atomic mass is 79.9. The van der Waals surface area contributed by atoms with Gasteiger partial charge in [-0.15, -0.1) is 0 Å². The molecule has 0 heterocycles. The van der Waals surface area contributed by atoms with Gasteiger partial charge in [0.2, 0.25) is 0 Å². The molecule has 0 fully saturated rings. The summed E-state index contributed by atoms with van der Waals surface area (Å²) >= 11 is 2.99. The van der Waals surface area contributed by atoms with Crippen LogP contribution in [0.5, 0.6) is 0 Å². The second-order valence-corrected chi connectivity index (χ2v) is 4.38. The smallest absolute Gasteiger partial charge is 0.326 e. The van der Waals surface area contributed by atoms with Crippen molar-refractivity contribution < 1.29 is 19.1 Å². The summed E-state index contributed by atoms with van der Waals surface area (Å²) in [4.78, 5) is 22.2. The van der Waals surface area contributed by atoms with Crippen LogP contribution in [0.4, 0.5) is 14.9 Å². The normalized spacial score (nSPS) is 11.7. The monoisotopic (exact) mass is 318 g/mol. The summed E-state index contributed by atoms with van der Waals surface area (Å²) < 4.78 is 13.5. The van der Waals surface area contributed by atoms with Crippen molar-refractivity contribution in [3.8, 4) is 0 Å². The molecule has 0 unspecified atom stereocenters. The molecule has 2 amide bonds. The summed E-state index contributed by atoms with van der Waals surface area (Å²) in [5.41, 5.74) is 0.244. The maximum Gasteiger partial charge on any atom is 0.326 e. The van der Waals surface area contributed by atoms with Crippen molar-refractivity contribution in [2.45, 2.75) is 19.4 Å². The summed E-state index contributed by atoms with van der Waals surface area (Å²) in [6.07, 6.45) is 0.261. The Morgan fingerprint density at radius 1 is 1.50 bits per heavy atom. The molecule has 3 N–H and O–H groups in total. The zero-order valence-corrected chi connectivity index (χ0v) is 11.1. The summed E-state index contributed by atoms with van der Waals surface area (Å²) in [6.45, 7) is 1.64. The molecular formula is C11H12BrFN2O3. The molecule has 1 rings (SSSR count). The van der Waals surface area contributed by atoms with Crippen molar-refractivity contribution in [3.05, 3.63) is 28.5 Å². The topological polar surface area (TPSA) is 78.4 Å². The van der Waals surface area contributed by atoms with Gasteiger partial charge in [0.25, 0.3) is 0 Å². The van der Waals surface area contributed by atoms with Crippen LogP contribution >= 0.6 is 15.9 Å². The van der Waals surface area contributed by atoms with Crippen LogP contribution < -0.4 is 10.6 Å². The lowest BCUT2D eigenvalue weighted by atomic mass is 10.2. The molecule has 0 aliphatic rings. The zero-order chi connectivity index (χ0) is 13.7. The van der Waals surface area contributed by atoms with E-state index in [1.54, 1.807) is 6.92 Å². The quantitative estimate of drug-likeness (QED) is 0.798. The Balaban J connectivity index is 2.64. The van der Waals surface area contributed by atoms with Crippen LogP contribution in [0.25, 0.3) is 0 Å². The van der Waals surface area contributed by atoms with Crippen molar-refractivity contribution in [2.75, 3.05) is 5.32 Å². The molecule has 0 aliphatic carbocycles. The van der Waals surface area contributed by atoms with E-state index >= 15 is 0 Å². The van der Waals surface area contributed by atoms with E-state index in [4.69, 9.17) is 5.11 Å². The first-order valence-corrected chi connectivity index (χ1v) is 5.98. The van der Waals surface area contributed by atoms with E-state index < -0.39 is 23.9 Å². The van der Waals surface area contributed by atoms with Crippen LogP contribution in [-0.2, 0) is 4.79 Å². The molecule has 0 radical (unpaired) electrons. The van der Waals surface area contributed by atoms with Gasteiger partial charge in [0.15, 0.2) is 0 Å². The minimum atomic E-state index is -1.12. The van der Waals surface area contributed by atoms with E-state index in [2.05, 4.69) is 26.6 Å². The molecule has 0 aliphatic heterocycles. The maximum absolute atomic E-state index is 13.2. The lowest BCUT2D eigenvalue weighted by Crippen LogP contribution is -2.42. The van der Waals surface area contributed by atoms with Gasteiger partial charge in [-0.25, -0.2) is 14.0 Å². The van der Waals surface area contributed by atoms with E-state index in [9.17, 15) is 14.0 Å². The number of carbonyl (C=O) groups is 2. The van der Waals surface area contributed by atoms with Crippen molar-refractivity contribution in [1.82, 2.24) is 5.32 Å². The third-order valence-electron chi connectivity index (χ3n) is 2.19. The lowest BCUT2D eigenvalue weighted by molar-refractivity contribution is -0.139. The second-order valence-electron chi connectivity index (χ2n) is 3.53. The average Bonchev–Trinajstić information content (AvgIpc) is 2.30. The number of aliphatic carboxylic acids is 1. The lowest BCUT2D eigenvalue weighted by Gasteiger charge is -2.13. The second kappa shape index (κ2) is 6.34. The van der Waals surface area contributed by atoms with Crippen molar-refractivity contribution >= 4 is 33.6 Å². The largest absolute Gasteiger partial charge is 0.480 e. The van der Waals surface area contributed by atoms with Gasteiger partial charge in [-0.1, -0.05) is 6.92 Å². The van der Waals surface area contributed by atoms with Gasteiger partial charge in [0, 0.05) is 5.69 Å². The molecule has 7 heteroatoms. The number of amides is 2. The highest BCUT2D eigenvalue weighted by Crippen LogP contribution is 2.19. The fourth-order valence-corrected chi connectivity index (χ4v) is 1.48. The van der Waals surface area contributed by atoms with Crippen molar-refractivity contribution in [2.24, 2.45) is 0 Å². The Hall–Kier alpha value is -1.63. The van der Waals surface area contributed by atoms with Crippen LogP contribution in [0.15, 0.2) is 22.7 Å². The number of rotatable bonds is 4. The molecule has 98 valence electrons. The van der Waals surface area contributed by atoms with Crippen LogP contribution in [0.3, 0.4) is 0 Å². The Kier molecular flexibility index (Phi) is 5.08. The van der Waals surface area contributed by atoms with E-state index in [0.717, 1.165) is 6.07 Å². The number of carboxylic acids is 1. The predicted molar refractivity (Wildman–Crippen MR) is 68.0 cm³/mol. The predicted octanol–water partition coefficient (Wildman–Crippen LogP) is 2.57. The number of carbonyl (C=O) groups excluding carboxylic acids is 1. The minimum absolute atomic E-state index is 0.244. The van der Waals surface area contributed by atoms with Crippen molar-refractivity contribution in [1.29, 1.82) is 0 Å². The standard InChI is InChI=1S/C11H12BrFN2O3/c1-2-9(10(16)17)15-11(18)14-6-3-4-7(12)8(13)5-6/h3-5,9H,2H2,1H3,(H,16,17)(H2,14,15,18)/t9-/m0/s1. The van der Waals surface area contributed by atoms with Crippen LogP contribution in [0.2, 0.25) is 0 Å². The molecule has 1 aromatic carbocycles. The molecule has 0 spiro atoms. The third kappa shape index (κ3) is 3.99. The first-order chi connectivity index (χ1) is 8.43.